The minimum absolute atomic E-state index is 0.0977. The number of nitrogens with one attached hydrogen (secondary N) is 2. The zero-order chi connectivity index (χ0) is 30.5. The largest absolute Gasteiger partial charge is 0.465 e. The molecule has 0 aliphatic heterocycles. The van der Waals surface area contributed by atoms with Gasteiger partial charge in [0.25, 0.3) is 5.56 Å². The Morgan fingerprint density at radius 3 is 2.59 bits per heavy atom. The van der Waals surface area contributed by atoms with Gasteiger partial charge in [0.05, 0.1) is 6.54 Å². The monoisotopic (exact) mass is 572 g/mol. The Morgan fingerprint density at radius 2 is 1.93 bits per heavy atom. The average molecular weight is 573 g/mol. The molecule has 2 aromatic rings. The number of fused-ring (bicyclic) bond motifs is 1. The van der Waals surface area contributed by atoms with Crippen molar-refractivity contribution in [3.63, 3.8) is 0 Å². The van der Waals surface area contributed by atoms with E-state index in [1.807, 2.05) is 17.7 Å². The van der Waals surface area contributed by atoms with Gasteiger partial charge in [0.2, 0.25) is 11.8 Å². The number of carboxylic acid groups (broad SMARTS) is 1. The van der Waals surface area contributed by atoms with E-state index in [1.54, 1.807) is 58.7 Å². The van der Waals surface area contributed by atoms with Gasteiger partial charge in [-0.05, 0) is 62.2 Å². The van der Waals surface area contributed by atoms with Gasteiger partial charge in [0.1, 0.15) is 11.5 Å². The number of nitrogens with zero attached hydrogens (tertiary/aromatic N) is 4. The lowest BCUT2D eigenvalue weighted by atomic mass is 10.0. The molecular weight excluding hydrogens is 531 g/mol. The zero-order valence-corrected chi connectivity index (χ0v) is 24.4. The number of halogens is 1. The molecule has 12 heteroatoms. The summed E-state index contributed by atoms with van der Waals surface area (Å²) in [6, 6.07) is 5.20. The fourth-order valence-electron chi connectivity index (χ4n) is 4.03. The third-order valence-corrected chi connectivity index (χ3v) is 6.53. The van der Waals surface area contributed by atoms with Crippen molar-refractivity contribution in [1.82, 2.24) is 24.3 Å². The van der Waals surface area contributed by atoms with Gasteiger partial charge in [0, 0.05) is 71.7 Å². The molecular formula is C29H41FN6O5. The van der Waals surface area contributed by atoms with Crippen LogP contribution in [0.1, 0.15) is 42.6 Å². The first-order valence-corrected chi connectivity index (χ1v) is 13.4. The van der Waals surface area contributed by atoms with E-state index in [1.165, 1.54) is 20.4 Å². The lowest BCUT2D eigenvalue weighted by Crippen LogP contribution is -2.31. The summed E-state index contributed by atoms with van der Waals surface area (Å²) in [5.41, 5.74) is 2.73. The number of carbonyl (C=O) groups is 3. The highest BCUT2D eigenvalue weighted by atomic mass is 19.1. The molecule has 0 radical (unpaired) electrons. The molecule has 1 aliphatic rings. The number of rotatable bonds is 11. The van der Waals surface area contributed by atoms with Gasteiger partial charge < -0.3 is 34.7 Å². The second kappa shape index (κ2) is 16.2. The van der Waals surface area contributed by atoms with Crippen LogP contribution in [0.4, 0.5) is 14.9 Å². The first kappa shape index (κ1) is 33.0. The van der Waals surface area contributed by atoms with Crippen LogP contribution in [0.25, 0.3) is 6.08 Å². The summed E-state index contributed by atoms with van der Waals surface area (Å²) in [4.78, 5) is 49.4. The van der Waals surface area contributed by atoms with Crippen molar-refractivity contribution in [3.05, 3.63) is 69.7 Å². The normalized spacial score (nSPS) is 12.2. The predicted octanol–water partition coefficient (Wildman–Crippen LogP) is 3.06. The first-order chi connectivity index (χ1) is 19.4. The van der Waals surface area contributed by atoms with E-state index in [2.05, 4.69) is 10.6 Å². The van der Waals surface area contributed by atoms with Crippen molar-refractivity contribution < 1.29 is 23.9 Å². The molecule has 0 atom stereocenters. The van der Waals surface area contributed by atoms with Gasteiger partial charge in [-0.1, -0.05) is 6.08 Å². The van der Waals surface area contributed by atoms with Gasteiger partial charge >= 0.3 is 6.09 Å². The smallest absolute Gasteiger partial charge is 0.407 e. The van der Waals surface area contributed by atoms with Crippen molar-refractivity contribution in [2.45, 2.75) is 38.6 Å². The summed E-state index contributed by atoms with van der Waals surface area (Å²) in [7, 11) is 8.60. The second-order valence-electron chi connectivity index (χ2n) is 9.93. The minimum Gasteiger partial charge on any atom is -0.465 e. The maximum Gasteiger partial charge on any atom is 0.407 e. The van der Waals surface area contributed by atoms with Crippen molar-refractivity contribution >= 4 is 29.7 Å². The van der Waals surface area contributed by atoms with Crippen LogP contribution in [0.5, 0.6) is 0 Å². The average Bonchev–Trinajstić information content (AvgIpc) is 3.23. The summed E-state index contributed by atoms with van der Waals surface area (Å²) in [6.07, 6.45) is 8.01. The number of unbranched alkanes of at least 4 members (excludes halogenated alkanes) is 1. The van der Waals surface area contributed by atoms with E-state index < -0.39 is 6.09 Å². The van der Waals surface area contributed by atoms with Gasteiger partial charge in [-0.15, -0.1) is 0 Å². The topological polar surface area (TPSA) is 129 Å². The maximum absolute atomic E-state index is 13.6. The minimum atomic E-state index is -0.884. The first-order valence-electron chi connectivity index (χ1n) is 13.4. The van der Waals surface area contributed by atoms with Gasteiger partial charge in [-0.3, -0.25) is 14.4 Å². The van der Waals surface area contributed by atoms with Crippen LogP contribution in [0.15, 0.2) is 47.2 Å². The fourth-order valence-corrected chi connectivity index (χ4v) is 4.03. The van der Waals surface area contributed by atoms with E-state index in [0.29, 0.717) is 45.3 Å². The van der Waals surface area contributed by atoms with Crippen LogP contribution in [0.2, 0.25) is 0 Å². The molecule has 0 spiro atoms. The van der Waals surface area contributed by atoms with E-state index in [9.17, 15) is 23.6 Å². The number of carbonyl (C=O) groups excluding carboxylic acids is 2. The van der Waals surface area contributed by atoms with Crippen LogP contribution >= 0.6 is 0 Å². The number of hydrogen-bond acceptors (Lipinski definition) is 5. The Kier molecular flexibility index (Phi) is 13.0. The third kappa shape index (κ3) is 10.4. The van der Waals surface area contributed by atoms with Gasteiger partial charge in [-0.25, -0.2) is 9.18 Å². The molecule has 2 heterocycles. The molecule has 0 unspecified atom stereocenters. The number of allylic oxidation sites excluding steroid dienone is 2. The number of aromatic nitrogens is 2. The van der Waals surface area contributed by atoms with Crippen molar-refractivity contribution in [1.29, 1.82) is 0 Å². The molecule has 2 aromatic heterocycles. The SMILES string of the molecule is CN(C)C(=O)/C=C/CCCC(=O)Nc1cccn(Cc2cc3c(n2C)CCC(F)=C3)c1=O.CNCCN(C)C(=O)O. The highest BCUT2D eigenvalue weighted by Crippen LogP contribution is 2.27. The van der Waals surface area contributed by atoms with Crippen LogP contribution in [-0.4, -0.2) is 83.2 Å². The lowest BCUT2D eigenvalue weighted by molar-refractivity contribution is -0.123. The Balaban J connectivity index is 0.000000564. The summed E-state index contributed by atoms with van der Waals surface area (Å²) in [5.74, 6) is -0.474. The van der Waals surface area contributed by atoms with Gasteiger partial charge in [-0.2, -0.15) is 0 Å². The molecule has 0 bridgehead atoms. The quantitative estimate of drug-likeness (QED) is 0.281. The Labute approximate surface area is 239 Å². The van der Waals surface area contributed by atoms with E-state index >= 15 is 0 Å². The highest BCUT2D eigenvalue weighted by Gasteiger charge is 2.17. The molecule has 0 fully saturated rings. The van der Waals surface area contributed by atoms with Crippen LogP contribution < -0.4 is 16.2 Å². The van der Waals surface area contributed by atoms with E-state index in [-0.39, 0.29) is 35.3 Å². The number of likely N-dealkylation sites (N-methyl/N-ethyl adjacent to an activating group) is 3. The molecule has 41 heavy (non-hydrogen) atoms. The molecule has 1 aliphatic carbocycles. The molecule has 0 saturated carbocycles. The molecule has 0 aromatic carbocycles. The molecule has 3 amide bonds. The number of hydrogen-bond donors (Lipinski definition) is 3. The summed E-state index contributed by atoms with van der Waals surface area (Å²) in [5, 5.41) is 13.8. The number of amides is 3. The fraction of sp³-hybridized carbons (Fsp3) is 0.448. The maximum atomic E-state index is 13.6. The van der Waals surface area contributed by atoms with Gasteiger partial charge in [0.15, 0.2) is 0 Å². The molecule has 11 nitrogen and oxygen atoms in total. The summed E-state index contributed by atoms with van der Waals surface area (Å²) >= 11 is 0. The number of anilines is 1. The molecule has 224 valence electrons. The van der Waals surface area contributed by atoms with Crippen LogP contribution in [0.3, 0.4) is 0 Å². The summed E-state index contributed by atoms with van der Waals surface area (Å²) < 4.78 is 17.1. The Hall–Kier alpha value is -4.19. The zero-order valence-electron chi connectivity index (χ0n) is 24.4. The van der Waals surface area contributed by atoms with Crippen molar-refractivity contribution in [3.8, 4) is 0 Å². The molecule has 3 N–H and O–H groups in total. The number of pyridine rings is 1. The van der Waals surface area contributed by atoms with Crippen LogP contribution in [-0.2, 0) is 29.6 Å². The van der Waals surface area contributed by atoms with Crippen molar-refractivity contribution in [2.24, 2.45) is 7.05 Å². The standard InChI is InChI=1S/C24H29FN4O3.C5H12N2O2/c1-27(2)23(31)10-6-4-5-9-22(30)26-20-8-7-13-29(24(20)32)16-19-15-17-14-18(25)11-12-21(17)28(19)3;1-6-3-4-7(2)5(8)9/h6-8,10,13-15H,4-5,9,11-12,16H2,1-3H3,(H,26,30);6H,3-4H2,1-2H3,(H,8,9)/b10-6+;. The summed E-state index contributed by atoms with van der Waals surface area (Å²) in [6.45, 7) is 1.56. The molecule has 0 saturated heterocycles. The van der Waals surface area contributed by atoms with E-state index in [0.717, 1.165) is 17.0 Å². The lowest BCUT2D eigenvalue weighted by Gasteiger charge is -2.12. The highest BCUT2D eigenvalue weighted by molar-refractivity contribution is 5.90. The van der Waals surface area contributed by atoms with E-state index in [4.69, 9.17) is 5.11 Å². The third-order valence-electron chi connectivity index (χ3n) is 6.53. The second-order valence-corrected chi connectivity index (χ2v) is 9.93. The molecule has 3 rings (SSSR count). The van der Waals surface area contributed by atoms with Crippen LogP contribution in [0, 0.1) is 0 Å². The Morgan fingerprint density at radius 1 is 1.20 bits per heavy atom. The predicted molar refractivity (Wildman–Crippen MR) is 158 cm³/mol. The van der Waals surface area contributed by atoms with Crippen molar-refractivity contribution in [2.75, 3.05) is 46.6 Å². The Bertz CT molecular complexity index is 1330.